The first-order chi connectivity index (χ1) is 14.9. The van der Waals surface area contributed by atoms with E-state index in [1.165, 1.54) is 0 Å². The number of rotatable bonds is 8. The normalized spacial score (nSPS) is 15.6. The summed E-state index contributed by atoms with van der Waals surface area (Å²) in [6, 6.07) is 12.9. The number of anilines is 2. The Morgan fingerprint density at radius 3 is 2.58 bits per heavy atom. The first kappa shape index (κ1) is 22.3. The third-order valence-corrected chi connectivity index (χ3v) is 5.09. The second-order valence-electron chi connectivity index (χ2n) is 7.72. The standard InChI is InChI=1S/C24H28N2O5/c1-4-11-30-20-9-7-19(8-10-20)26-14-18(13-23(26)28)24(29)31-15-22(27)25-21-12-16(2)5-6-17(21)3/h5-10,12,18H,4,11,13-15H2,1-3H3,(H,25,27)/t18-/m0/s1. The van der Waals surface area contributed by atoms with E-state index in [0.717, 1.165) is 23.3 Å². The summed E-state index contributed by atoms with van der Waals surface area (Å²) in [5.74, 6) is -0.968. The van der Waals surface area contributed by atoms with E-state index >= 15 is 0 Å². The van der Waals surface area contributed by atoms with E-state index in [2.05, 4.69) is 5.32 Å². The third kappa shape index (κ3) is 5.84. The second kappa shape index (κ2) is 10.1. The number of benzene rings is 2. The molecule has 0 radical (unpaired) electrons. The Balaban J connectivity index is 1.51. The van der Waals surface area contributed by atoms with Gasteiger partial charge in [-0.25, -0.2) is 0 Å². The molecule has 1 saturated heterocycles. The fourth-order valence-electron chi connectivity index (χ4n) is 3.37. The molecule has 0 spiro atoms. The van der Waals surface area contributed by atoms with Crippen LogP contribution in [0.25, 0.3) is 0 Å². The maximum absolute atomic E-state index is 12.4. The summed E-state index contributed by atoms with van der Waals surface area (Å²) in [5.41, 5.74) is 3.34. The monoisotopic (exact) mass is 424 g/mol. The smallest absolute Gasteiger partial charge is 0.311 e. The van der Waals surface area contributed by atoms with Crippen molar-refractivity contribution < 1.29 is 23.9 Å². The number of esters is 1. The summed E-state index contributed by atoms with van der Waals surface area (Å²) in [7, 11) is 0. The SMILES string of the molecule is CCCOc1ccc(N2C[C@@H](C(=O)OCC(=O)Nc3cc(C)ccc3C)CC2=O)cc1. The molecular formula is C24H28N2O5. The molecule has 1 heterocycles. The van der Waals surface area contributed by atoms with Gasteiger partial charge in [0.15, 0.2) is 6.61 Å². The van der Waals surface area contributed by atoms with Crippen LogP contribution in [0.4, 0.5) is 11.4 Å². The van der Waals surface area contributed by atoms with Gasteiger partial charge in [-0.05, 0) is 61.7 Å². The lowest BCUT2D eigenvalue weighted by atomic mass is 10.1. The maximum atomic E-state index is 12.4. The van der Waals surface area contributed by atoms with Crippen molar-refractivity contribution in [1.29, 1.82) is 0 Å². The van der Waals surface area contributed by atoms with E-state index in [0.29, 0.717) is 18.0 Å². The Morgan fingerprint density at radius 2 is 1.87 bits per heavy atom. The number of hydrogen-bond donors (Lipinski definition) is 1. The van der Waals surface area contributed by atoms with Gasteiger partial charge in [0.25, 0.3) is 5.91 Å². The van der Waals surface area contributed by atoms with Crippen LogP contribution in [0.2, 0.25) is 0 Å². The lowest BCUT2D eigenvalue weighted by Crippen LogP contribution is -2.28. The summed E-state index contributed by atoms with van der Waals surface area (Å²) >= 11 is 0. The Morgan fingerprint density at radius 1 is 1.13 bits per heavy atom. The number of nitrogens with zero attached hydrogens (tertiary/aromatic N) is 1. The fourth-order valence-corrected chi connectivity index (χ4v) is 3.37. The molecule has 3 rings (SSSR count). The number of amides is 2. The predicted molar refractivity (Wildman–Crippen MR) is 118 cm³/mol. The Bertz CT molecular complexity index is 955. The summed E-state index contributed by atoms with van der Waals surface area (Å²) in [6.45, 7) is 6.33. The summed E-state index contributed by atoms with van der Waals surface area (Å²) in [6.07, 6.45) is 0.976. The van der Waals surface area contributed by atoms with Gasteiger partial charge in [0, 0.05) is 24.3 Å². The van der Waals surface area contributed by atoms with Crippen molar-refractivity contribution in [1.82, 2.24) is 0 Å². The van der Waals surface area contributed by atoms with Crippen LogP contribution in [0.3, 0.4) is 0 Å². The second-order valence-corrected chi connectivity index (χ2v) is 7.72. The highest BCUT2D eigenvalue weighted by Gasteiger charge is 2.36. The van der Waals surface area contributed by atoms with Gasteiger partial charge in [-0.1, -0.05) is 19.1 Å². The number of carbonyl (C=O) groups is 3. The van der Waals surface area contributed by atoms with Crippen LogP contribution in [-0.4, -0.2) is 37.5 Å². The van der Waals surface area contributed by atoms with Crippen LogP contribution in [-0.2, 0) is 19.1 Å². The number of ether oxygens (including phenoxy) is 2. The van der Waals surface area contributed by atoms with E-state index < -0.39 is 17.8 Å². The van der Waals surface area contributed by atoms with E-state index in [1.54, 1.807) is 17.0 Å². The van der Waals surface area contributed by atoms with Crippen LogP contribution in [0.5, 0.6) is 5.75 Å². The first-order valence-corrected chi connectivity index (χ1v) is 10.4. The molecule has 1 fully saturated rings. The molecule has 1 N–H and O–H groups in total. The van der Waals surface area contributed by atoms with Crippen LogP contribution in [0.1, 0.15) is 30.9 Å². The fraction of sp³-hybridized carbons (Fsp3) is 0.375. The van der Waals surface area contributed by atoms with Crippen molar-refractivity contribution in [3.8, 4) is 5.75 Å². The molecule has 1 aliphatic heterocycles. The van der Waals surface area contributed by atoms with Crippen molar-refractivity contribution in [3.05, 3.63) is 53.6 Å². The van der Waals surface area contributed by atoms with Gasteiger partial charge in [-0.3, -0.25) is 14.4 Å². The number of hydrogen-bond acceptors (Lipinski definition) is 5. The van der Waals surface area contributed by atoms with Gasteiger partial charge in [-0.2, -0.15) is 0 Å². The highest BCUT2D eigenvalue weighted by molar-refractivity contribution is 6.00. The molecule has 31 heavy (non-hydrogen) atoms. The molecule has 1 aliphatic rings. The highest BCUT2D eigenvalue weighted by Crippen LogP contribution is 2.27. The van der Waals surface area contributed by atoms with Gasteiger partial charge in [0.1, 0.15) is 5.75 Å². The zero-order valence-electron chi connectivity index (χ0n) is 18.1. The number of carbonyl (C=O) groups excluding carboxylic acids is 3. The van der Waals surface area contributed by atoms with Crippen molar-refractivity contribution in [3.63, 3.8) is 0 Å². The Labute approximate surface area is 182 Å². The molecule has 2 amide bonds. The Hall–Kier alpha value is -3.35. The van der Waals surface area contributed by atoms with E-state index in [4.69, 9.17) is 9.47 Å². The largest absolute Gasteiger partial charge is 0.494 e. The van der Waals surface area contributed by atoms with Crippen molar-refractivity contribution in [2.75, 3.05) is 30.0 Å². The van der Waals surface area contributed by atoms with Crippen molar-refractivity contribution in [2.45, 2.75) is 33.6 Å². The van der Waals surface area contributed by atoms with Crippen LogP contribution in [0.15, 0.2) is 42.5 Å². The van der Waals surface area contributed by atoms with Crippen LogP contribution >= 0.6 is 0 Å². The molecule has 0 aromatic heterocycles. The molecule has 7 nitrogen and oxygen atoms in total. The lowest BCUT2D eigenvalue weighted by Gasteiger charge is -2.17. The van der Waals surface area contributed by atoms with Crippen LogP contribution in [0, 0.1) is 19.8 Å². The summed E-state index contributed by atoms with van der Waals surface area (Å²) < 4.78 is 10.7. The minimum atomic E-state index is -0.600. The predicted octanol–water partition coefficient (Wildman–Crippen LogP) is 3.63. The minimum Gasteiger partial charge on any atom is -0.494 e. The van der Waals surface area contributed by atoms with Gasteiger partial charge in [0.2, 0.25) is 5.91 Å². The molecule has 7 heteroatoms. The summed E-state index contributed by atoms with van der Waals surface area (Å²) in [4.78, 5) is 38.6. The first-order valence-electron chi connectivity index (χ1n) is 10.4. The van der Waals surface area contributed by atoms with E-state index in [9.17, 15) is 14.4 Å². The van der Waals surface area contributed by atoms with Gasteiger partial charge < -0.3 is 19.7 Å². The number of nitrogens with one attached hydrogen (secondary N) is 1. The molecule has 2 aromatic rings. The van der Waals surface area contributed by atoms with Crippen molar-refractivity contribution >= 4 is 29.2 Å². The molecule has 2 aromatic carbocycles. The minimum absolute atomic E-state index is 0.0610. The molecular weight excluding hydrogens is 396 g/mol. The van der Waals surface area contributed by atoms with E-state index in [-0.39, 0.29) is 25.5 Å². The third-order valence-electron chi connectivity index (χ3n) is 5.09. The van der Waals surface area contributed by atoms with Crippen molar-refractivity contribution in [2.24, 2.45) is 5.92 Å². The quantitative estimate of drug-likeness (QED) is 0.654. The topological polar surface area (TPSA) is 84.9 Å². The molecule has 0 unspecified atom stereocenters. The molecule has 0 bridgehead atoms. The maximum Gasteiger partial charge on any atom is 0.311 e. The zero-order valence-corrected chi connectivity index (χ0v) is 18.1. The van der Waals surface area contributed by atoms with Gasteiger partial charge in [-0.15, -0.1) is 0 Å². The average Bonchev–Trinajstić information content (AvgIpc) is 3.15. The number of aryl methyl sites for hydroxylation is 2. The average molecular weight is 424 g/mol. The molecule has 1 atom stereocenters. The highest BCUT2D eigenvalue weighted by atomic mass is 16.5. The molecule has 164 valence electrons. The van der Waals surface area contributed by atoms with Gasteiger partial charge in [0.05, 0.1) is 12.5 Å². The molecule has 0 aliphatic carbocycles. The van der Waals surface area contributed by atoms with Crippen LogP contribution < -0.4 is 15.0 Å². The van der Waals surface area contributed by atoms with E-state index in [1.807, 2.05) is 51.1 Å². The van der Waals surface area contributed by atoms with Gasteiger partial charge >= 0.3 is 5.97 Å². The lowest BCUT2D eigenvalue weighted by molar-refractivity contribution is -0.151. The summed E-state index contributed by atoms with van der Waals surface area (Å²) in [5, 5.41) is 2.75. The molecule has 0 saturated carbocycles. The zero-order chi connectivity index (χ0) is 22.4. The Kier molecular flexibility index (Phi) is 7.28.